The largest absolute Gasteiger partial charge is 0.383 e. The standard InChI is InChI=1S/C13H11ClN4S/c1-18-13(15)11(8-2-4-9(14)5-3-8)12(17-18)10-6-16-7-19-10/h2-7H,15H2,1H3. The van der Waals surface area contributed by atoms with Gasteiger partial charge in [0.15, 0.2) is 0 Å². The minimum absolute atomic E-state index is 0.630. The molecule has 2 heterocycles. The van der Waals surface area contributed by atoms with Crippen molar-refractivity contribution in [3.8, 4) is 21.7 Å². The summed E-state index contributed by atoms with van der Waals surface area (Å²) in [6.45, 7) is 0. The molecular formula is C13H11ClN4S. The molecule has 0 amide bonds. The van der Waals surface area contributed by atoms with Crippen LogP contribution in [0.25, 0.3) is 21.7 Å². The number of nitrogens with two attached hydrogens (primary N) is 1. The van der Waals surface area contributed by atoms with Crippen molar-refractivity contribution in [2.45, 2.75) is 0 Å². The normalized spacial score (nSPS) is 10.8. The van der Waals surface area contributed by atoms with Gasteiger partial charge in [-0.25, -0.2) is 0 Å². The topological polar surface area (TPSA) is 56.7 Å². The molecule has 96 valence electrons. The lowest BCUT2D eigenvalue weighted by atomic mass is 10.1. The number of anilines is 1. The SMILES string of the molecule is Cn1nc(-c2cncs2)c(-c2ccc(Cl)cc2)c1N. The van der Waals surface area contributed by atoms with E-state index < -0.39 is 0 Å². The molecule has 4 nitrogen and oxygen atoms in total. The van der Waals surface area contributed by atoms with E-state index in [1.165, 1.54) is 0 Å². The second-order valence-corrected chi connectivity index (χ2v) is 5.43. The first-order chi connectivity index (χ1) is 9.16. The quantitative estimate of drug-likeness (QED) is 0.786. The number of halogens is 1. The Balaban J connectivity index is 2.22. The third kappa shape index (κ3) is 2.11. The molecule has 0 aliphatic heterocycles. The van der Waals surface area contributed by atoms with Gasteiger partial charge in [0, 0.05) is 18.3 Å². The van der Waals surface area contributed by atoms with E-state index in [0.29, 0.717) is 10.8 Å². The van der Waals surface area contributed by atoms with Crippen LogP contribution in [0.5, 0.6) is 0 Å². The molecule has 3 rings (SSSR count). The van der Waals surface area contributed by atoms with Gasteiger partial charge >= 0.3 is 0 Å². The number of aromatic nitrogens is 3. The van der Waals surface area contributed by atoms with Crippen molar-refractivity contribution in [3.05, 3.63) is 41.0 Å². The fourth-order valence-corrected chi connectivity index (χ4v) is 2.68. The molecule has 0 aliphatic carbocycles. The molecule has 3 aromatic rings. The van der Waals surface area contributed by atoms with Crippen molar-refractivity contribution in [1.82, 2.24) is 14.8 Å². The maximum Gasteiger partial charge on any atom is 0.129 e. The number of rotatable bonds is 2. The number of thiazole rings is 1. The van der Waals surface area contributed by atoms with E-state index in [0.717, 1.165) is 21.7 Å². The number of hydrogen-bond acceptors (Lipinski definition) is 4. The van der Waals surface area contributed by atoms with Gasteiger partial charge in [0.2, 0.25) is 0 Å². The molecule has 19 heavy (non-hydrogen) atoms. The van der Waals surface area contributed by atoms with Crippen molar-refractivity contribution < 1.29 is 0 Å². The smallest absolute Gasteiger partial charge is 0.129 e. The van der Waals surface area contributed by atoms with Gasteiger partial charge in [0.25, 0.3) is 0 Å². The molecule has 0 atom stereocenters. The highest BCUT2D eigenvalue weighted by Crippen LogP contribution is 2.37. The second kappa shape index (κ2) is 4.68. The number of hydrogen-bond donors (Lipinski definition) is 1. The lowest BCUT2D eigenvalue weighted by molar-refractivity contribution is 0.783. The number of nitrogens with zero attached hydrogens (tertiary/aromatic N) is 3. The van der Waals surface area contributed by atoms with E-state index in [2.05, 4.69) is 10.1 Å². The van der Waals surface area contributed by atoms with Crippen molar-refractivity contribution in [2.24, 2.45) is 7.05 Å². The number of nitrogen functional groups attached to an aromatic ring is 1. The first-order valence-corrected chi connectivity index (χ1v) is 6.90. The maximum absolute atomic E-state index is 6.13. The highest BCUT2D eigenvalue weighted by Gasteiger charge is 2.18. The summed E-state index contributed by atoms with van der Waals surface area (Å²) in [5, 5.41) is 5.18. The van der Waals surface area contributed by atoms with E-state index in [-0.39, 0.29) is 0 Å². The Kier molecular flexibility index (Phi) is 3.00. The highest BCUT2D eigenvalue weighted by molar-refractivity contribution is 7.13. The molecule has 6 heteroatoms. The van der Waals surface area contributed by atoms with E-state index in [1.807, 2.05) is 31.3 Å². The zero-order chi connectivity index (χ0) is 13.4. The van der Waals surface area contributed by atoms with Gasteiger partial charge in [-0.3, -0.25) is 9.67 Å². The van der Waals surface area contributed by atoms with Crippen molar-refractivity contribution in [2.75, 3.05) is 5.73 Å². The minimum atomic E-state index is 0.630. The van der Waals surface area contributed by atoms with E-state index >= 15 is 0 Å². The molecule has 2 aromatic heterocycles. The van der Waals surface area contributed by atoms with Gasteiger partial charge in [-0.05, 0) is 17.7 Å². The summed E-state index contributed by atoms with van der Waals surface area (Å²) < 4.78 is 1.68. The fourth-order valence-electron chi connectivity index (χ4n) is 1.94. The van der Waals surface area contributed by atoms with Crippen LogP contribution in [0.15, 0.2) is 36.0 Å². The Hall–Kier alpha value is -1.85. The zero-order valence-electron chi connectivity index (χ0n) is 10.2. The van der Waals surface area contributed by atoms with E-state index in [1.54, 1.807) is 27.7 Å². The summed E-state index contributed by atoms with van der Waals surface area (Å²) in [5.41, 5.74) is 10.7. The summed E-state index contributed by atoms with van der Waals surface area (Å²) >= 11 is 7.46. The molecule has 0 bridgehead atoms. The van der Waals surface area contributed by atoms with Gasteiger partial charge in [0.1, 0.15) is 11.5 Å². The second-order valence-electron chi connectivity index (χ2n) is 4.11. The Bertz CT molecular complexity index is 701. The maximum atomic E-state index is 6.13. The van der Waals surface area contributed by atoms with Gasteiger partial charge in [-0.1, -0.05) is 23.7 Å². The van der Waals surface area contributed by atoms with Gasteiger partial charge in [-0.15, -0.1) is 11.3 Å². The third-order valence-electron chi connectivity index (χ3n) is 2.89. The minimum Gasteiger partial charge on any atom is -0.383 e. The zero-order valence-corrected chi connectivity index (χ0v) is 11.7. The van der Waals surface area contributed by atoms with E-state index in [9.17, 15) is 0 Å². The van der Waals surface area contributed by atoms with Crippen LogP contribution in [-0.4, -0.2) is 14.8 Å². The Morgan fingerprint density at radius 1 is 1.26 bits per heavy atom. The van der Waals surface area contributed by atoms with Crippen LogP contribution < -0.4 is 5.73 Å². The van der Waals surface area contributed by atoms with Crippen LogP contribution in [0.3, 0.4) is 0 Å². The molecule has 0 unspecified atom stereocenters. The third-order valence-corrected chi connectivity index (χ3v) is 3.92. The summed E-state index contributed by atoms with van der Waals surface area (Å²) in [7, 11) is 1.83. The lowest BCUT2D eigenvalue weighted by Crippen LogP contribution is -1.97. The van der Waals surface area contributed by atoms with Crippen LogP contribution in [-0.2, 0) is 7.05 Å². The predicted molar refractivity (Wildman–Crippen MR) is 79.2 cm³/mol. The van der Waals surface area contributed by atoms with Crippen LogP contribution in [0.4, 0.5) is 5.82 Å². The molecule has 0 radical (unpaired) electrons. The molecule has 1 aromatic carbocycles. The van der Waals surface area contributed by atoms with Crippen LogP contribution >= 0.6 is 22.9 Å². The van der Waals surface area contributed by atoms with Gasteiger partial charge in [0.05, 0.1) is 16.0 Å². The Morgan fingerprint density at radius 2 is 2.00 bits per heavy atom. The number of aryl methyl sites for hydroxylation is 1. The monoisotopic (exact) mass is 290 g/mol. The van der Waals surface area contributed by atoms with Crippen LogP contribution in [0.1, 0.15) is 0 Å². The lowest BCUT2D eigenvalue weighted by Gasteiger charge is -2.03. The summed E-state index contributed by atoms with van der Waals surface area (Å²) in [4.78, 5) is 5.09. The first kappa shape index (κ1) is 12.2. The molecule has 0 spiro atoms. The van der Waals surface area contributed by atoms with E-state index in [4.69, 9.17) is 17.3 Å². The summed E-state index contributed by atoms with van der Waals surface area (Å²) in [5.74, 6) is 0.630. The fraction of sp³-hybridized carbons (Fsp3) is 0.0769. The van der Waals surface area contributed by atoms with Crippen molar-refractivity contribution in [1.29, 1.82) is 0 Å². The predicted octanol–water partition coefficient (Wildman–Crippen LogP) is 3.45. The highest BCUT2D eigenvalue weighted by atomic mass is 35.5. The number of benzene rings is 1. The average Bonchev–Trinajstić information content (AvgIpc) is 3.01. The van der Waals surface area contributed by atoms with Gasteiger partial charge < -0.3 is 5.73 Å². The summed E-state index contributed by atoms with van der Waals surface area (Å²) in [6.07, 6.45) is 1.80. The van der Waals surface area contributed by atoms with Crippen molar-refractivity contribution in [3.63, 3.8) is 0 Å². The Labute approximate surface area is 119 Å². The molecule has 0 aliphatic rings. The first-order valence-electron chi connectivity index (χ1n) is 5.64. The van der Waals surface area contributed by atoms with Crippen molar-refractivity contribution >= 4 is 28.8 Å². The molecule has 2 N–H and O–H groups in total. The average molecular weight is 291 g/mol. The Morgan fingerprint density at radius 3 is 2.63 bits per heavy atom. The molecule has 0 saturated heterocycles. The van der Waals surface area contributed by atoms with Gasteiger partial charge in [-0.2, -0.15) is 5.10 Å². The molecule has 0 saturated carbocycles. The molecule has 0 fully saturated rings. The van der Waals surface area contributed by atoms with Crippen LogP contribution in [0.2, 0.25) is 5.02 Å². The molecular weight excluding hydrogens is 280 g/mol. The van der Waals surface area contributed by atoms with Crippen LogP contribution in [0, 0.1) is 0 Å². The summed E-state index contributed by atoms with van der Waals surface area (Å²) in [6, 6.07) is 7.58.